The highest BCUT2D eigenvalue weighted by Gasteiger charge is 2.42. The molecule has 6 nitrogen and oxygen atoms in total. The minimum Gasteiger partial charge on any atom is -0.497 e. The molecule has 6 heteroatoms. The van der Waals surface area contributed by atoms with Gasteiger partial charge in [0, 0.05) is 11.8 Å². The minimum atomic E-state index is -0.801. The van der Waals surface area contributed by atoms with E-state index in [1.54, 1.807) is 30.2 Å². The number of aryl methyl sites for hydroxylation is 2. The first kappa shape index (κ1) is 24.1. The lowest BCUT2D eigenvalue weighted by molar-refractivity contribution is -0.127. The molecule has 0 bridgehead atoms. The Morgan fingerprint density at radius 1 is 0.914 bits per heavy atom. The van der Waals surface area contributed by atoms with Crippen LogP contribution in [0.2, 0.25) is 0 Å². The van der Waals surface area contributed by atoms with E-state index in [-0.39, 0.29) is 18.4 Å². The second-order valence-corrected chi connectivity index (χ2v) is 8.70. The van der Waals surface area contributed by atoms with Gasteiger partial charge in [0.15, 0.2) is 0 Å². The molecule has 1 saturated heterocycles. The summed E-state index contributed by atoms with van der Waals surface area (Å²) in [4.78, 5) is 30.8. The maximum atomic E-state index is 14.1. The lowest BCUT2D eigenvalue weighted by Crippen LogP contribution is -2.61. The molecule has 1 heterocycles. The number of carbonyl (C=O) groups is 2. The van der Waals surface area contributed by atoms with Crippen molar-refractivity contribution in [3.8, 4) is 11.5 Å². The molecular weight excluding hydrogens is 440 g/mol. The Labute approximate surface area is 206 Å². The first-order valence-corrected chi connectivity index (χ1v) is 11.5. The summed E-state index contributed by atoms with van der Waals surface area (Å²) in [6.45, 7) is 5.83. The summed E-state index contributed by atoms with van der Waals surface area (Å²) in [7, 11) is 3.10. The molecule has 0 radical (unpaired) electrons. The van der Waals surface area contributed by atoms with Gasteiger partial charge in [0.1, 0.15) is 24.1 Å². The van der Waals surface area contributed by atoms with Gasteiger partial charge in [-0.1, -0.05) is 42.5 Å². The monoisotopic (exact) mass is 470 g/mol. The van der Waals surface area contributed by atoms with E-state index < -0.39 is 6.04 Å². The van der Waals surface area contributed by atoms with Crippen LogP contribution in [0.5, 0.6) is 11.5 Å². The van der Waals surface area contributed by atoms with Gasteiger partial charge in [-0.2, -0.15) is 0 Å². The molecule has 180 valence electrons. The Balaban J connectivity index is 1.83. The number of piperazine rings is 1. The van der Waals surface area contributed by atoms with Crippen LogP contribution in [-0.2, 0) is 9.59 Å². The van der Waals surface area contributed by atoms with Crippen LogP contribution < -0.4 is 19.3 Å². The molecule has 1 atom stereocenters. The number of benzene rings is 3. The zero-order chi connectivity index (χ0) is 25.1. The normalized spacial score (nSPS) is 16.5. The van der Waals surface area contributed by atoms with Crippen LogP contribution in [0, 0.1) is 13.8 Å². The number of carbonyl (C=O) groups excluding carboxylic acids is 2. The highest BCUT2D eigenvalue weighted by Crippen LogP contribution is 2.36. The van der Waals surface area contributed by atoms with Crippen LogP contribution in [-0.4, -0.2) is 38.6 Å². The van der Waals surface area contributed by atoms with Gasteiger partial charge in [0.2, 0.25) is 5.91 Å². The fourth-order valence-electron chi connectivity index (χ4n) is 4.36. The number of amides is 2. The Morgan fingerprint density at radius 3 is 2.31 bits per heavy atom. The van der Waals surface area contributed by atoms with Crippen molar-refractivity contribution in [2.24, 2.45) is 0 Å². The van der Waals surface area contributed by atoms with Crippen LogP contribution in [0.1, 0.15) is 23.6 Å². The van der Waals surface area contributed by atoms with E-state index in [2.05, 4.69) is 0 Å². The van der Waals surface area contributed by atoms with E-state index in [0.29, 0.717) is 22.9 Å². The average Bonchev–Trinajstić information content (AvgIpc) is 2.86. The Kier molecular flexibility index (Phi) is 6.92. The largest absolute Gasteiger partial charge is 0.497 e. The van der Waals surface area contributed by atoms with Gasteiger partial charge < -0.3 is 9.47 Å². The summed E-state index contributed by atoms with van der Waals surface area (Å²) in [5.74, 6) is 0.705. The van der Waals surface area contributed by atoms with Gasteiger partial charge in [-0.05, 0) is 67.3 Å². The first-order chi connectivity index (χ1) is 16.8. The van der Waals surface area contributed by atoms with Gasteiger partial charge in [-0.15, -0.1) is 0 Å². The molecule has 4 rings (SSSR count). The fraction of sp³-hybridized carbons (Fsp3) is 0.241. The highest BCUT2D eigenvalue weighted by atomic mass is 16.5. The minimum absolute atomic E-state index is 0.0937. The lowest BCUT2D eigenvalue weighted by Gasteiger charge is -2.41. The van der Waals surface area contributed by atoms with Crippen molar-refractivity contribution in [2.75, 3.05) is 30.6 Å². The lowest BCUT2D eigenvalue weighted by atomic mass is 9.97. The number of ether oxygens (including phenoxy) is 2. The maximum Gasteiger partial charge on any atom is 0.255 e. The van der Waals surface area contributed by atoms with E-state index in [9.17, 15) is 9.59 Å². The Bertz CT molecular complexity index is 1280. The maximum absolute atomic E-state index is 14.1. The van der Waals surface area contributed by atoms with Gasteiger partial charge in [0.05, 0.1) is 19.9 Å². The molecule has 2 amide bonds. The summed E-state index contributed by atoms with van der Waals surface area (Å²) >= 11 is 0. The van der Waals surface area contributed by atoms with E-state index in [0.717, 1.165) is 22.3 Å². The molecule has 0 saturated carbocycles. The van der Waals surface area contributed by atoms with E-state index in [1.807, 2.05) is 75.4 Å². The highest BCUT2D eigenvalue weighted by molar-refractivity contribution is 6.16. The molecule has 0 spiro atoms. The van der Waals surface area contributed by atoms with Crippen LogP contribution >= 0.6 is 0 Å². The quantitative estimate of drug-likeness (QED) is 0.499. The van der Waals surface area contributed by atoms with Crippen LogP contribution in [0.4, 0.5) is 11.4 Å². The molecule has 0 aromatic heterocycles. The predicted octanol–water partition coefficient (Wildman–Crippen LogP) is 5.17. The molecule has 1 aliphatic heterocycles. The number of hydrogen-bond donors (Lipinski definition) is 0. The number of hydrogen-bond acceptors (Lipinski definition) is 4. The number of nitrogens with zero attached hydrogens (tertiary/aromatic N) is 2. The van der Waals surface area contributed by atoms with Crippen molar-refractivity contribution in [3.63, 3.8) is 0 Å². The first-order valence-electron chi connectivity index (χ1n) is 11.5. The van der Waals surface area contributed by atoms with Crippen molar-refractivity contribution >= 4 is 29.3 Å². The third kappa shape index (κ3) is 4.78. The standard InChI is InChI=1S/C29H30N2O4/c1-19-11-12-23(16-20(19)2)31-27(32)18-30(25-14-13-24(34-4)17-26(25)35-5)29(33)28(31)21(3)15-22-9-7-6-8-10-22/h6-17,28H,18H2,1-5H3/b21-15-/t28-/m1/s1. The zero-order valence-electron chi connectivity index (χ0n) is 20.7. The van der Waals surface area contributed by atoms with Crippen LogP contribution in [0.3, 0.4) is 0 Å². The van der Waals surface area contributed by atoms with Gasteiger partial charge >= 0.3 is 0 Å². The topological polar surface area (TPSA) is 59.1 Å². The van der Waals surface area contributed by atoms with Gasteiger partial charge in [-0.3, -0.25) is 19.4 Å². The molecule has 0 N–H and O–H groups in total. The molecule has 3 aromatic rings. The van der Waals surface area contributed by atoms with Crippen molar-refractivity contribution < 1.29 is 19.1 Å². The predicted molar refractivity (Wildman–Crippen MR) is 139 cm³/mol. The molecule has 3 aromatic carbocycles. The van der Waals surface area contributed by atoms with Gasteiger partial charge in [0.25, 0.3) is 5.91 Å². The Hall–Kier alpha value is -4.06. The third-order valence-electron chi connectivity index (χ3n) is 6.39. The molecule has 1 aliphatic rings. The Morgan fingerprint density at radius 2 is 1.66 bits per heavy atom. The number of anilines is 2. The average molecular weight is 471 g/mol. The second-order valence-electron chi connectivity index (χ2n) is 8.70. The fourth-order valence-corrected chi connectivity index (χ4v) is 4.36. The van der Waals surface area contributed by atoms with Crippen molar-refractivity contribution in [3.05, 3.63) is 89.0 Å². The third-order valence-corrected chi connectivity index (χ3v) is 6.39. The smallest absolute Gasteiger partial charge is 0.255 e. The second kappa shape index (κ2) is 10.1. The van der Waals surface area contributed by atoms with Crippen LogP contribution in [0.15, 0.2) is 72.3 Å². The van der Waals surface area contributed by atoms with Crippen molar-refractivity contribution in [1.29, 1.82) is 0 Å². The number of methoxy groups -OCH3 is 2. The SMILES string of the molecule is COc1ccc(N2CC(=O)N(c3ccc(C)c(C)c3)[C@H](/C(C)=C\c3ccccc3)C2=O)c(OC)c1. The molecule has 1 fully saturated rings. The summed E-state index contributed by atoms with van der Waals surface area (Å²) in [6.07, 6.45) is 1.96. The molecular formula is C29H30N2O4. The molecule has 0 unspecified atom stereocenters. The zero-order valence-corrected chi connectivity index (χ0v) is 20.7. The van der Waals surface area contributed by atoms with Crippen LogP contribution in [0.25, 0.3) is 6.08 Å². The van der Waals surface area contributed by atoms with Gasteiger partial charge in [-0.25, -0.2) is 0 Å². The van der Waals surface area contributed by atoms with Crippen molar-refractivity contribution in [1.82, 2.24) is 0 Å². The van der Waals surface area contributed by atoms with E-state index in [1.165, 1.54) is 12.0 Å². The van der Waals surface area contributed by atoms with E-state index >= 15 is 0 Å². The number of rotatable bonds is 6. The summed E-state index contributed by atoms with van der Waals surface area (Å²) in [6, 6.07) is 20.1. The summed E-state index contributed by atoms with van der Waals surface area (Å²) in [5.41, 5.74) is 5.16. The van der Waals surface area contributed by atoms with Crippen molar-refractivity contribution in [2.45, 2.75) is 26.8 Å². The molecule has 35 heavy (non-hydrogen) atoms. The van der Waals surface area contributed by atoms with E-state index in [4.69, 9.17) is 9.47 Å². The summed E-state index contributed by atoms with van der Waals surface area (Å²) in [5, 5.41) is 0. The molecule has 0 aliphatic carbocycles. The summed E-state index contributed by atoms with van der Waals surface area (Å²) < 4.78 is 10.8.